The molecule has 2 fully saturated rings. The third-order valence-corrected chi connectivity index (χ3v) is 5.17. The van der Waals surface area contributed by atoms with E-state index in [1.807, 2.05) is 0 Å². The van der Waals surface area contributed by atoms with E-state index in [-0.39, 0.29) is 5.91 Å². The lowest BCUT2D eigenvalue weighted by Gasteiger charge is -2.30. The predicted molar refractivity (Wildman–Crippen MR) is 75.8 cm³/mol. The van der Waals surface area contributed by atoms with Crippen molar-refractivity contribution < 1.29 is 4.79 Å². The number of halogens is 1. The third kappa shape index (κ3) is 4.15. The van der Waals surface area contributed by atoms with E-state index in [1.54, 1.807) is 0 Å². The zero-order valence-corrected chi connectivity index (χ0v) is 12.1. The van der Waals surface area contributed by atoms with Crippen molar-refractivity contribution in [3.05, 3.63) is 0 Å². The molecule has 18 heavy (non-hydrogen) atoms. The van der Waals surface area contributed by atoms with Gasteiger partial charge in [-0.05, 0) is 43.4 Å². The van der Waals surface area contributed by atoms with Gasteiger partial charge in [-0.1, -0.05) is 25.7 Å². The molecule has 2 aliphatic carbocycles. The molecule has 0 aliphatic heterocycles. The minimum atomic E-state index is 0.265. The van der Waals surface area contributed by atoms with E-state index in [4.69, 9.17) is 11.6 Å². The molecule has 0 spiro atoms. The summed E-state index contributed by atoms with van der Waals surface area (Å²) in [5.41, 5.74) is 0. The molecule has 2 nitrogen and oxygen atoms in total. The minimum Gasteiger partial charge on any atom is -0.356 e. The average Bonchev–Trinajstić information content (AvgIpc) is 2.89. The molecule has 104 valence electrons. The normalized spacial score (nSPS) is 29.4. The lowest BCUT2D eigenvalue weighted by Crippen LogP contribution is -2.35. The van der Waals surface area contributed by atoms with Gasteiger partial charge in [0.1, 0.15) is 0 Å². The Kier molecular flexibility index (Phi) is 5.81. The van der Waals surface area contributed by atoms with Gasteiger partial charge in [0.15, 0.2) is 0 Å². The van der Waals surface area contributed by atoms with Crippen molar-refractivity contribution in [3.8, 4) is 0 Å². The van der Waals surface area contributed by atoms with E-state index in [9.17, 15) is 4.79 Å². The fraction of sp³-hybridized carbons (Fsp3) is 0.933. The molecule has 0 aromatic rings. The molecule has 0 saturated heterocycles. The van der Waals surface area contributed by atoms with Gasteiger partial charge in [-0.3, -0.25) is 4.79 Å². The fourth-order valence-corrected chi connectivity index (χ4v) is 3.96. The van der Waals surface area contributed by atoms with Gasteiger partial charge in [-0.15, -0.1) is 11.6 Å². The van der Waals surface area contributed by atoms with Crippen molar-refractivity contribution in [2.75, 3.05) is 12.4 Å². The monoisotopic (exact) mass is 271 g/mol. The zero-order chi connectivity index (χ0) is 12.8. The van der Waals surface area contributed by atoms with Crippen LogP contribution in [0.2, 0.25) is 0 Å². The summed E-state index contributed by atoms with van der Waals surface area (Å²) < 4.78 is 0. The summed E-state index contributed by atoms with van der Waals surface area (Å²) in [6, 6.07) is 0. The maximum absolute atomic E-state index is 11.9. The molecule has 0 aromatic heterocycles. The van der Waals surface area contributed by atoms with E-state index < -0.39 is 0 Å². The van der Waals surface area contributed by atoms with Crippen LogP contribution in [0.15, 0.2) is 0 Å². The number of carbonyl (C=O) groups is 1. The molecule has 0 aromatic carbocycles. The molecule has 1 N–H and O–H groups in total. The van der Waals surface area contributed by atoms with Crippen LogP contribution in [0.5, 0.6) is 0 Å². The van der Waals surface area contributed by atoms with Crippen molar-refractivity contribution in [2.24, 2.45) is 17.8 Å². The zero-order valence-electron chi connectivity index (χ0n) is 11.3. The van der Waals surface area contributed by atoms with Crippen LogP contribution in [0.25, 0.3) is 0 Å². The van der Waals surface area contributed by atoms with E-state index in [0.717, 1.165) is 18.8 Å². The molecule has 2 atom stereocenters. The summed E-state index contributed by atoms with van der Waals surface area (Å²) in [6.07, 6.45) is 11.0. The SMILES string of the molecule is O=C(CC1CCCC1)NCC1CCCCC1CCl. The molecule has 3 heteroatoms. The number of nitrogens with one attached hydrogen (secondary N) is 1. The van der Waals surface area contributed by atoms with Gasteiger partial charge in [-0.25, -0.2) is 0 Å². The number of hydrogen-bond acceptors (Lipinski definition) is 1. The Bertz CT molecular complexity index is 263. The topological polar surface area (TPSA) is 29.1 Å². The Morgan fingerprint density at radius 3 is 2.28 bits per heavy atom. The van der Waals surface area contributed by atoms with Crippen LogP contribution < -0.4 is 5.32 Å². The van der Waals surface area contributed by atoms with Crippen LogP contribution in [0, 0.1) is 17.8 Å². The maximum Gasteiger partial charge on any atom is 0.220 e. The lowest BCUT2D eigenvalue weighted by atomic mass is 9.80. The number of carbonyl (C=O) groups excluding carboxylic acids is 1. The molecule has 2 aliphatic rings. The first kappa shape index (κ1) is 14.2. The Morgan fingerprint density at radius 1 is 1.00 bits per heavy atom. The second-order valence-electron chi connectivity index (χ2n) is 6.12. The average molecular weight is 272 g/mol. The predicted octanol–water partition coefficient (Wildman–Crippen LogP) is 3.73. The van der Waals surface area contributed by atoms with Gasteiger partial charge < -0.3 is 5.32 Å². The lowest BCUT2D eigenvalue weighted by molar-refractivity contribution is -0.122. The molecular weight excluding hydrogens is 246 g/mol. The van der Waals surface area contributed by atoms with Crippen molar-refractivity contribution in [2.45, 2.75) is 57.8 Å². The number of rotatable bonds is 5. The molecule has 2 saturated carbocycles. The molecular formula is C15H26ClNO. The Morgan fingerprint density at radius 2 is 1.61 bits per heavy atom. The van der Waals surface area contributed by atoms with Crippen LogP contribution in [-0.2, 0) is 4.79 Å². The third-order valence-electron chi connectivity index (χ3n) is 4.77. The van der Waals surface area contributed by atoms with Crippen LogP contribution >= 0.6 is 11.6 Å². The quantitative estimate of drug-likeness (QED) is 0.759. The highest BCUT2D eigenvalue weighted by molar-refractivity contribution is 6.18. The number of hydrogen-bond donors (Lipinski definition) is 1. The summed E-state index contributed by atoms with van der Waals surface area (Å²) in [6.45, 7) is 0.850. The highest BCUT2D eigenvalue weighted by Crippen LogP contribution is 2.31. The number of alkyl halides is 1. The first-order valence-electron chi connectivity index (χ1n) is 7.62. The summed E-state index contributed by atoms with van der Waals surface area (Å²) >= 11 is 6.02. The molecule has 2 rings (SSSR count). The summed E-state index contributed by atoms with van der Waals surface area (Å²) in [5, 5.41) is 3.15. The maximum atomic E-state index is 11.9. The number of amides is 1. The van der Waals surface area contributed by atoms with Crippen molar-refractivity contribution in [1.82, 2.24) is 5.32 Å². The van der Waals surface area contributed by atoms with E-state index >= 15 is 0 Å². The Labute approximate surface area is 116 Å². The molecule has 0 radical (unpaired) electrons. The van der Waals surface area contributed by atoms with Crippen molar-refractivity contribution >= 4 is 17.5 Å². The second-order valence-corrected chi connectivity index (χ2v) is 6.43. The largest absolute Gasteiger partial charge is 0.356 e. The fourth-order valence-electron chi connectivity index (χ4n) is 3.55. The van der Waals surface area contributed by atoms with Crippen LogP contribution in [0.3, 0.4) is 0 Å². The summed E-state index contributed by atoms with van der Waals surface area (Å²) in [4.78, 5) is 11.9. The van der Waals surface area contributed by atoms with Gasteiger partial charge in [-0.2, -0.15) is 0 Å². The summed E-state index contributed by atoms with van der Waals surface area (Å²) in [5.74, 6) is 2.90. The van der Waals surface area contributed by atoms with Gasteiger partial charge in [0.25, 0.3) is 0 Å². The van der Waals surface area contributed by atoms with E-state index in [1.165, 1.54) is 51.4 Å². The van der Waals surface area contributed by atoms with E-state index in [0.29, 0.717) is 17.8 Å². The summed E-state index contributed by atoms with van der Waals surface area (Å²) in [7, 11) is 0. The highest BCUT2D eigenvalue weighted by atomic mass is 35.5. The second kappa shape index (κ2) is 7.37. The van der Waals surface area contributed by atoms with Gasteiger partial charge in [0.2, 0.25) is 5.91 Å². The van der Waals surface area contributed by atoms with Crippen LogP contribution in [-0.4, -0.2) is 18.3 Å². The van der Waals surface area contributed by atoms with Gasteiger partial charge >= 0.3 is 0 Å². The first-order chi connectivity index (χ1) is 8.79. The van der Waals surface area contributed by atoms with Gasteiger partial charge in [0.05, 0.1) is 0 Å². The van der Waals surface area contributed by atoms with Crippen molar-refractivity contribution in [3.63, 3.8) is 0 Å². The molecule has 0 heterocycles. The van der Waals surface area contributed by atoms with E-state index in [2.05, 4.69) is 5.32 Å². The smallest absolute Gasteiger partial charge is 0.220 e. The van der Waals surface area contributed by atoms with Gasteiger partial charge in [0, 0.05) is 18.8 Å². The molecule has 1 amide bonds. The Hall–Kier alpha value is -0.240. The van der Waals surface area contributed by atoms with Crippen molar-refractivity contribution in [1.29, 1.82) is 0 Å². The standard InChI is InChI=1S/C15H26ClNO/c16-10-13-7-3-4-8-14(13)11-17-15(18)9-12-5-1-2-6-12/h12-14H,1-11H2,(H,17,18). The van der Waals surface area contributed by atoms with Crippen LogP contribution in [0.1, 0.15) is 57.8 Å². The Balaban J connectivity index is 1.67. The molecule has 2 unspecified atom stereocenters. The molecule has 0 bridgehead atoms. The van der Waals surface area contributed by atoms with Crippen LogP contribution in [0.4, 0.5) is 0 Å². The highest BCUT2D eigenvalue weighted by Gasteiger charge is 2.25. The first-order valence-corrected chi connectivity index (χ1v) is 8.15. The minimum absolute atomic E-state index is 0.265.